The molecule has 0 fully saturated rings. The molecule has 7 heteroatoms. The first-order valence-electron chi connectivity index (χ1n) is 7.68. The highest BCUT2D eigenvalue weighted by molar-refractivity contribution is 7.80. The summed E-state index contributed by atoms with van der Waals surface area (Å²) in [7, 11) is 0. The van der Waals surface area contributed by atoms with E-state index in [2.05, 4.69) is 24.5 Å². The molecular weight excluding hydrogens is 379 g/mol. The van der Waals surface area contributed by atoms with Crippen LogP contribution in [-0.4, -0.2) is 17.6 Å². The molecule has 2 N–H and O–H groups in total. The number of rotatable bonds is 5. The summed E-state index contributed by atoms with van der Waals surface area (Å²) in [4.78, 5) is 11.8. The van der Waals surface area contributed by atoms with Crippen molar-refractivity contribution in [2.24, 2.45) is 5.92 Å². The van der Waals surface area contributed by atoms with Crippen LogP contribution in [0.5, 0.6) is 0 Å². The molecule has 0 aliphatic rings. The first-order chi connectivity index (χ1) is 11.9. The van der Waals surface area contributed by atoms with Crippen LogP contribution >= 0.6 is 35.4 Å². The molecule has 0 unspecified atom stereocenters. The van der Waals surface area contributed by atoms with E-state index < -0.39 is 0 Å². The molecule has 25 heavy (non-hydrogen) atoms. The van der Waals surface area contributed by atoms with Crippen LogP contribution in [0.3, 0.4) is 0 Å². The van der Waals surface area contributed by atoms with E-state index in [-0.39, 0.29) is 5.91 Å². The van der Waals surface area contributed by atoms with Crippen molar-refractivity contribution in [1.82, 2.24) is 10.6 Å². The maximum absolute atomic E-state index is 11.8. The Morgan fingerprint density at radius 3 is 2.76 bits per heavy atom. The first-order valence-corrected chi connectivity index (χ1v) is 8.84. The minimum Gasteiger partial charge on any atom is -0.457 e. The molecule has 0 bridgehead atoms. The number of amides is 1. The molecule has 1 aromatic carbocycles. The number of hydrogen-bond acceptors (Lipinski definition) is 3. The van der Waals surface area contributed by atoms with E-state index in [4.69, 9.17) is 39.8 Å². The largest absolute Gasteiger partial charge is 0.457 e. The van der Waals surface area contributed by atoms with Crippen molar-refractivity contribution in [3.63, 3.8) is 0 Å². The van der Waals surface area contributed by atoms with Crippen LogP contribution in [0.15, 0.2) is 40.8 Å². The summed E-state index contributed by atoms with van der Waals surface area (Å²) in [6.45, 7) is 4.81. The van der Waals surface area contributed by atoms with E-state index >= 15 is 0 Å². The van der Waals surface area contributed by atoms with Crippen LogP contribution in [-0.2, 0) is 4.79 Å². The molecule has 0 spiro atoms. The van der Waals surface area contributed by atoms with E-state index in [9.17, 15) is 4.79 Å². The number of carbonyl (C=O) groups excluding carboxylic acids is 1. The number of carbonyl (C=O) groups is 1. The second kappa shape index (κ2) is 9.04. The maximum Gasteiger partial charge on any atom is 0.250 e. The standard InChI is InChI=1S/C18H18Cl2N2O2S/c1-11(2)10-21-18(25)22-16(23)9-7-12-6-8-15(24-12)13-4-3-5-14(19)17(13)20/h3-9,11H,10H2,1-2H3,(H2,21,22,23,25). The van der Waals surface area contributed by atoms with Gasteiger partial charge in [-0.05, 0) is 48.5 Å². The maximum atomic E-state index is 11.8. The Kier molecular flexibility index (Phi) is 7.05. The third-order valence-corrected chi connectivity index (χ3v) is 4.22. The van der Waals surface area contributed by atoms with Gasteiger partial charge in [-0.3, -0.25) is 10.1 Å². The van der Waals surface area contributed by atoms with Crippen molar-refractivity contribution >= 4 is 52.5 Å². The zero-order chi connectivity index (χ0) is 18.4. The molecule has 1 amide bonds. The topological polar surface area (TPSA) is 54.3 Å². The number of hydrogen-bond donors (Lipinski definition) is 2. The summed E-state index contributed by atoms with van der Waals surface area (Å²) < 4.78 is 5.68. The van der Waals surface area contributed by atoms with Gasteiger partial charge in [0.15, 0.2) is 5.11 Å². The summed E-state index contributed by atoms with van der Waals surface area (Å²) in [5.74, 6) is 1.19. The van der Waals surface area contributed by atoms with Gasteiger partial charge in [0.2, 0.25) is 5.91 Å². The van der Waals surface area contributed by atoms with E-state index in [0.29, 0.717) is 44.7 Å². The molecule has 0 atom stereocenters. The Morgan fingerprint density at radius 2 is 2.04 bits per heavy atom. The molecule has 0 saturated carbocycles. The fraction of sp³-hybridized carbons (Fsp3) is 0.222. The van der Waals surface area contributed by atoms with E-state index in [0.717, 1.165) is 0 Å². The third-order valence-electron chi connectivity index (χ3n) is 3.15. The quantitative estimate of drug-likeness (QED) is 0.556. The number of halogens is 2. The molecule has 1 heterocycles. The SMILES string of the molecule is CC(C)CNC(=S)NC(=O)C=Cc1ccc(-c2cccc(Cl)c2Cl)o1. The summed E-state index contributed by atoms with van der Waals surface area (Å²) in [6, 6.07) is 8.82. The summed E-state index contributed by atoms with van der Waals surface area (Å²) in [5, 5.41) is 6.72. The molecule has 1 aromatic heterocycles. The molecular formula is C18H18Cl2N2O2S. The van der Waals surface area contributed by atoms with Crippen LogP contribution in [0, 0.1) is 5.92 Å². The Morgan fingerprint density at radius 1 is 1.28 bits per heavy atom. The number of benzene rings is 1. The molecule has 0 aliphatic heterocycles. The zero-order valence-corrected chi connectivity index (χ0v) is 16.1. The summed E-state index contributed by atoms with van der Waals surface area (Å²) >= 11 is 17.2. The Bertz CT molecular complexity index is 800. The van der Waals surface area contributed by atoms with Gasteiger partial charge in [0.1, 0.15) is 11.5 Å². The van der Waals surface area contributed by atoms with E-state index in [1.165, 1.54) is 6.08 Å². The highest BCUT2D eigenvalue weighted by atomic mass is 35.5. The van der Waals surface area contributed by atoms with Crippen LogP contribution in [0.25, 0.3) is 17.4 Å². The first kappa shape index (κ1) is 19.5. The minimum absolute atomic E-state index is 0.300. The molecule has 4 nitrogen and oxygen atoms in total. The lowest BCUT2D eigenvalue weighted by molar-refractivity contribution is -0.115. The number of furan rings is 1. The van der Waals surface area contributed by atoms with Crippen molar-refractivity contribution < 1.29 is 9.21 Å². The molecule has 0 aliphatic carbocycles. The predicted octanol–water partition coefficient (Wildman–Crippen LogP) is 4.91. The molecule has 2 aromatic rings. The highest BCUT2D eigenvalue weighted by Crippen LogP contribution is 2.34. The second-order valence-electron chi connectivity index (χ2n) is 5.73. The average Bonchev–Trinajstić information content (AvgIpc) is 3.02. The Balaban J connectivity index is 1.98. The minimum atomic E-state index is -0.333. The van der Waals surface area contributed by atoms with Gasteiger partial charge in [0.25, 0.3) is 0 Å². The van der Waals surface area contributed by atoms with Gasteiger partial charge in [0, 0.05) is 18.2 Å². The lowest BCUT2D eigenvalue weighted by Crippen LogP contribution is -2.39. The fourth-order valence-electron chi connectivity index (χ4n) is 1.93. The van der Waals surface area contributed by atoms with E-state index in [1.807, 2.05) is 6.07 Å². The van der Waals surface area contributed by atoms with Gasteiger partial charge in [-0.25, -0.2) is 0 Å². The molecule has 0 saturated heterocycles. The highest BCUT2D eigenvalue weighted by Gasteiger charge is 2.10. The van der Waals surface area contributed by atoms with Crippen LogP contribution < -0.4 is 10.6 Å². The summed E-state index contributed by atoms with van der Waals surface area (Å²) in [6.07, 6.45) is 2.91. The Hall–Kier alpha value is -1.82. The van der Waals surface area contributed by atoms with Gasteiger partial charge < -0.3 is 9.73 Å². The van der Waals surface area contributed by atoms with Crippen LogP contribution in [0.4, 0.5) is 0 Å². The van der Waals surface area contributed by atoms with Gasteiger partial charge >= 0.3 is 0 Å². The van der Waals surface area contributed by atoms with Crippen LogP contribution in [0.1, 0.15) is 19.6 Å². The summed E-state index contributed by atoms with van der Waals surface area (Å²) in [5.41, 5.74) is 0.692. The third kappa shape index (κ3) is 5.88. The van der Waals surface area contributed by atoms with Gasteiger partial charge in [-0.1, -0.05) is 43.1 Å². The van der Waals surface area contributed by atoms with Crippen molar-refractivity contribution in [2.45, 2.75) is 13.8 Å². The predicted molar refractivity (Wildman–Crippen MR) is 107 cm³/mol. The van der Waals surface area contributed by atoms with Crippen molar-refractivity contribution in [2.75, 3.05) is 6.54 Å². The van der Waals surface area contributed by atoms with Crippen molar-refractivity contribution in [3.8, 4) is 11.3 Å². The van der Waals surface area contributed by atoms with E-state index in [1.54, 1.807) is 30.3 Å². The number of thiocarbonyl (C=S) groups is 1. The molecule has 2 rings (SSSR count). The van der Waals surface area contributed by atoms with Crippen LogP contribution in [0.2, 0.25) is 10.0 Å². The number of nitrogens with one attached hydrogen (secondary N) is 2. The normalized spacial score (nSPS) is 11.1. The van der Waals surface area contributed by atoms with Gasteiger partial charge in [-0.2, -0.15) is 0 Å². The van der Waals surface area contributed by atoms with Crippen molar-refractivity contribution in [3.05, 3.63) is 52.2 Å². The van der Waals surface area contributed by atoms with Gasteiger partial charge in [0.05, 0.1) is 10.0 Å². The Labute approximate surface area is 162 Å². The lowest BCUT2D eigenvalue weighted by atomic mass is 10.2. The monoisotopic (exact) mass is 396 g/mol. The second-order valence-corrected chi connectivity index (χ2v) is 6.92. The van der Waals surface area contributed by atoms with Gasteiger partial charge in [-0.15, -0.1) is 0 Å². The molecule has 132 valence electrons. The average molecular weight is 397 g/mol. The smallest absolute Gasteiger partial charge is 0.250 e. The lowest BCUT2D eigenvalue weighted by Gasteiger charge is -2.09. The zero-order valence-electron chi connectivity index (χ0n) is 13.8. The van der Waals surface area contributed by atoms with Crippen molar-refractivity contribution in [1.29, 1.82) is 0 Å². The molecule has 0 radical (unpaired) electrons. The fourth-order valence-corrected chi connectivity index (χ4v) is 2.51.